The molecule has 0 saturated carbocycles. The molecule has 0 aliphatic rings. The number of aryl methyl sites for hydroxylation is 1. The lowest BCUT2D eigenvalue weighted by Gasteiger charge is -2.05. The summed E-state index contributed by atoms with van der Waals surface area (Å²) in [5.74, 6) is 0. The van der Waals surface area contributed by atoms with Crippen molar-refractivity contribution in [2.75, 3.05) is 7.11 Å². The van der Waals surface area contributed by atoms with E-state index in [0.717, 1.165) is 11.5 Å². The van der Waals surface area contributed by atoms with Gasteiger partial charge in [0.1, 0.15) is 12.2 Å². The molecule has 108 valence electrons. The average molecular weight is 307 g/mol. The Morgan fingerprint density at radius 1 is 1.37 bits per heavy atom. The summed E-state index contributed by atoms with van der Waals surface area (Å²) >= 11 is 1.64. The summed E-state index contributed by atoms with van der Waals surface area (Å²) in [4.78, 5) is 27.5. The van der Waals surface area contributed by atoms with Gasteiger partial charge in [-0.15, -0.1) is 0 Å². The maximum Gasteiger partial charge on any atom is 0.466 e. The third kappa shape index (κ3) is 10.7. The van der Waals surface area contributed by atoms with Gasteiger partial charge in [0.15, 0.2) is 0 Å². The Hall–Kier alpha value is -0.850. The van der Waals surface area contributed by atoms with Crippen molar-refractivity contribution < 1.29 is 24.1 Å². The summed E-state index contributed by atoms with van der Waals surface area (Å²) in [5, 5.41) is 4.80. The minimum atomic E-state index is -4.64. The van der Waals surface area contributed by atoms with Crippen molar-refractivity contribution in [3.63, 3.8) is 0 Å². The van der Waals surface area contributed by atoms with E-state index in [1.807, 2.05) is 13.0 Å². The fourth-order valence-corrected chi connectivity index (χ4v) is 2.12. The van der Waals surface area contributed by atoms with Gasteiger partial charge in [0, 0.05) is 4.90 Å². The number of benzene rings is 1. The topological polar surface area (TPSA) is 99.4 Å². The van der Waals surface area contributed by atoms with Crippen LogP contribution < -0.4 is 0 Å². The first-order valence-corrected chi connectivity index (χ1v) is 7.77. The normalized spacial score (nSPS) is 11.6. The highest BCUT2D eigenvalue weighted by Gasteiger charge is 2.02. The number of oxime groups is 1. The Labute approximate surface area is 116 Å². The Morgan fingerprint density at radius 3 is 2.37 bits per heavy atom. The number of hydrogen-bond donors (Lipinski definition) is 3. The first-order valence-electron chi connectivity index (χ1n) is 5.39. The second kappa shape index (κ2) is 9.12. The Kier molecular flexibility index (Phi) is 8.71. The molecule has 1 aromatic carbocycles. The molecule has 0 bridgehead atoms. The van der Waals surface area contributed by atoms with Crippen LogP contribution in [-0.4, -0.2) is 26.8 Å². The van der Waals surface area contributed by atoms with Crippen LogP contribution in [-0.2, 0) is 15.8 Å². The van der Waals surface area contributed by atoms with Gasteiger partial charge in [-0.2, -0.15) is 0 Å². The molecule has 0 unspecified atom stereocenters. The first-order chi connectivity index (χ1) is 8.77. The van der Waals surface area contributed by atoms with Crippen LogP contribution in [0.4, 0.5) is 0 Å². The molecule has 8 heteroatoms. The fraction of sp³-hybridized carbons (Fsp3) is 0.364. The van der Waals surface area contributed by atoms with Crippen molar-refractivity contribution in [3.8, 4) is 0 Å². The second-order valence-corrected chi connectivity index (χ2v) is 5.63. The zero-order valence-electron chi connectivity index (χ0n) is 11.0. The Bertz CT molecular complexity index is 452. The van der Waals surface area contributed by atoms with Crippen LogP contribution in [0.15, 0.2) is 34.3 Å². The van der Waals surface area contributed by atoms with Crippen LogP contribution in [0.25, 0.3) is 0 Å². The van der Waals surface area contributed by atoms with Crippen LogP contribution in [0, 0.1) is 0 Å². The molecule has 0 aliphatic carbocycles. The zero-order valence-corrected chi connectivity index (χ0v) is 12.7. The van der Waals surface area contributed by atoms with E-state index < -0.39 is 7.82 Å². The molecule has 19 heavy (non-hydrogen) atoms. The van der Waals surface area contributed by atoms with Gasteiger partial charge in [0.25, 0.3) is 0 Å². The summed E-state index contributed by atoms with van der Waals surface area (Å²) in [6.45, 7) is 4.10. The number of hydrogen-bond acceptors (Lipinski definition) is 4. The molecule has 0 heterocycles. The first kappa shape index (κ1) is 18.1. The molecular weight excluding hydrogens is 289 g/mol. The summed E-state index contributed by atoms with van der Waals surface area (Å²) in [6.07, 6.45) is 1.05. The Morgan fingerprint density at radius 2 is 1.89 bits per heavy atom. The largest absolute Gasteiger partial charge is 0.466 e. The van der Waals surface area contributed by atoms with Crippen LogP contribution in [0.1, 0.15) is 19.4 Å². The number of rotatable bonds is 3. The summed E-state index contributed by atoms with van der Waals surface area (Å²) < 4.78 is 8.88. The maximum atomic E-state index is 8.88. The lowest BCUT2D eigenvalue weighted by atomic mass is 10.2. The molecule has 1 rings (SSSR count). The highest BCUT2D eigenvalue weighted by atomic mass is 32.2. The van der Waals surface area contributed by atoms with Gasteiger partial charge >= 0.3 is 7.82 Å². The van der Waals surface area contributed by atoms with Crippen LogP contribution >= 0.6 is 19.6 Å². The number of nitrogens with zero attached hydrogens (tertiary/aromatic N) is 1. The molecule has 0 spiro atoms. The SMILES string of the molecule is CCc1ccccc1SC(C)=NOC.O=P(O)(O)O. The molecule has 0 radical (unpaired) electrons. The minimum absolute atomic E-state index is 0.924. The minimum Gasteiger partial charge on any atom is -0.398 e. The number of thioether (sulfide) groups is 1. The monoisotopic (exact) mass is 307 g/mol. The smallest absolute Gasteiger partial charge is 0.398 e. The quantitative estimate of drug-likeness (QED) is 0.261. The van der Waals surface area contributed by atoms with Crippen molar-refractivity contribution in [3.05, 3.63) is 29.8 Å². The molecule has 0 aromatic heterocycles. The molecule has 0 fully saturated rings. The van der Waals surface area contributed by atoms with Crippen molar-refractivity contribution in [1.82, 2.24) is 0 Å². The molecule has 1 aromatic rings. The third-order valence-corrected chi connectivity index (χ3v) is 2.82. The molecule has 0 atom stereocenters. The molecule has 0 aliphatic heterocycles. The van der Waals surface area contributed by atoms with E-state index in [0.29, 0.717) is 0 Å². The van der Waals surface area contributed by atoms with Gasteiger partial charge in [0.05, 0.1) is 0 Å². The predicted octanol–water partition coefficient (Wildman–Crippen LogP) is 2.39. The van der Waals surface area contributed by atoms with Crippen molar-refractivity contribution in [2.24, 2.45) is 5.16 Å². The highest BCUT2D eigenvalue weighted by molar-refractivity contribution is 8.13. The van der Waals surface area contributed by atoms with Crippen molar-refractivity contribution in [1.29, 1.82) is 0 Å². The van der Waals surface area contributed by atoms with E-state index in [9.17, 15) is 0 Å². The Balaban J connectivity index is 0.000000555. The van der Waals surface area contributed by atoms with Crippen LogP contribution in [0.3, 0.4) is 0 Å². The fourth-order valence-electron chi connectivity index (χ4n) is 1.20. The molecule has 0 saturated heterocycles. The van der Waals surface area contributed by atoms with E-state index in [1.165, 1.54) is 10.5 Å². The number of phosphoric acid groups is 1. The molecule has 0 amide bonds. The van der Waals surface area contributed by atoms with Crippen molar-refractivity contribution >= 4 is 24.6 Å². The van der Waals surface area contributed by atoms with E-state index >= 15 is 0 Å². The lowest BCUT2D eigenvalue weighted by molar-refractivity contribution is 0.214. The summed E-state index contributed by atoms with van der Waals surface area (Å²) in [5.41, 5.74) is 1.35. The second-order valence-electron chi connectivity index (χ2n) is 3.37. The average Bonchev–Trinajstić information content (AvgIpc) is 2.28. The highest BCUT2D eigenvalue weighted by Crippen LogP contribution is 2.26. The van der Waals surface area contributed by atoms with Gasteiger partial charge in [0.2, 0.25) is 0 Å². The third-order valence-electron chi connectivity index (χ3n) is 1.83. The van der Waals surface area contributed by atoms with Crippen molar-refractivity contribution in [2.45, 2.75) is 25.2 Å². The van der Waals surface area contributed by atoms with Gasteiger partial charge in [-0.3, -0.25) is 0 Å². The van der Waals surface area contributed by atoms with E-state index in [1.54, 1.807) is 18.9 Å². The van der Waals surface area contributed by atoms with Gasteiger partial charge in [-0.05, 0) is 25.0 Å². The van der Waals surface area contributed by atoms with Crippen LogP contribution in [0.5, 0.6) is 0 Å². The van der Waals surface area contributed by atoms with Gasteiger partial charge in [-0.1, -0.05) is 42.0 Å². The maximum absolute atomic E-state index is 8.88. The van der Waals surface area contributed by atoms with E-state index in [-0.39, 0.29) is 0 Å². The standard InChI is InChI=1S/C11H15NOS.H3O4P/c1-4-10-7-5-6-8-11(10)14-9(2)12-13-3;1-5(2,3)4/h5-8H,4H2,1-3H3;(H3,1,2,3,4). The molecule has 3 N–H and O–H groups in total. The van der Waals surface area contributed by atoms with E-state index in [4.69, 9.17) is 24.1 Å². The molecular formula is C11H18NO5PS. The lowest BCUT2D eigenvalue weighted by Crippen LogP contribution is -1.89. The van der Waals surface area contributed by atoms with Gasteiger partial charge < -0.3 is 19.5 Å². The van der Waals surface area contributed by atoms with Gasteiger partial charge in [-0.25, -0.2) is 4.57 Å². The summed E-state index contributed by atoms with van der Waals surface area (Å²) in [6, 6.07) is 8.36. The molecule has 6 nitrogen and oxygen atoms in total. The summed E-state index contributed by atoms with van der Waals surface area (Å²) in [7, 11) is -3.07. The predicted molar refractivity (Wildman–Crippen MR) is 76.1 cm³/mol. The zero-order chi connectivity index (χ0) is 14.9. The van der Waals surface area contributed by atoms with Crippen LogP contribution in [0.2, 0.25) is 0 Å². The van der Waals surface area contributed by atoms with E-state index in [2.05, 4.69) is 30.3 Å².